The van der Waals surface area contributed by atoms with E-state index in [1.807, 2.05) is 13.0 Å². The highest BCUT2D eigenvalue weighted by Gasteiger charge is 2.07. The van der Waals surface area contributed by atoms with Crippen molar-refractivity contribution < 1.29 is 5.11 Å². The lowest BCUT2D eigenvalue weighted by atomic mass is 9.91. The van der Waals surface area contributed by atoms with Crippen LogP contribution in [0.25, 0.3) is 0 Å². The molecule has 0 heterocycles. The number of hydrogen-bond acceptors (Lipinski definition) is 1. The molecular weight excluding hydrogens is 340 g/mol. The molecule has 0 bridgehead atoms. The first-order valence-electron chi connectivity index (χ1n) is 11.7. The van der Waals surface area contributed by atoms with Gasteiger partial charge in [0.25, 0.3) is 0 Å². The number of phenols is 1. The molecule has 0 saturated heterocycles. The van der Waals surface area contributed by atoms with Crippen molar-refractivity contribution in [1.82, 2.24) is 0 Å². The van der Waals surface area contributed by atoms with Gasteiger partial charge in [0.2, 0.25) is 0 Å². The maximum Gasteiger partial charge on any atom is 0.118 e. The van der Waals surface area contributed by atoms with Crippen molar-refractivity contribution in [1.29, 1.82) is 0 Å². The Labute approximate surface area is 175 Å². The van der Waals surface area contributed by atoms with Crippen LogP contribution < -0.4 is 0 Å². The zero-order chi connectivity index (χ0) is 20.9. The van der Waals surface area contributed by atoms with E-state index in [-0.39, 0.29) is 0 Å². The zero-order valence-corrected chi connectivity index (χ0v) is 19.6. The molecule has 0 aliphatic rings. The van der Waals surface area contributed by atoms with Crippen molar-refractivity contribution in [3.63, 3.8) is 0 Å². The predicted molar refractivity (Wildman–Crippen MR) is 125 cm³/mol. The van der Waals surface area contributed by atoms with E-state index in [0.717, 1.165) is 29.7 Å². The topological polar surface area (TPSA) is 20.2 Å². The molecule has 0 fully saturated rings. The normalized spacial score (nSPS) is 14.5. The number of rotatable bonds is 14. The Morgan fingerprint density at radius 1 is 0.893 bits per heavy atom. The van der Waals surface area contributed by atoms with Crippen LogP contribution in [0, 0.1) is 24.7 Å². The van der Waals surface area contributed by atoms with Gasteiger partial charge in [0, 0.05) is 0 Å². The number of aryl methyl sites for hydroxylation is 1. The highest BCUT2D eigenvalue weighted by atomic mass is 16.3. The number of phenolic OH excluding ortho intramolecular Hbond substituents is 1. The van der Waals surface area contributed by atoms with Crippen LogP contribution in [0.1, 0.15) is 104 Å². The molecule has 1 rings (SSSR count). The smallest absolute Gasteiger partial charge is 0.118 e. The fraction of sp³-hybridized carbons (Fsp3) is 0.704. The van der Waals surface area contributed by atoms with E-state index in [1.54, 1.807) is 6.07 Å². The van der Waals surface area contributed by atoms with Crippen molar-refractivity contribution in [2.45, 2.75) is 106 Å². The molecule has 0 aliphatic carbocycles. The molecule has 160 valence electrons. The van der Waals surface area contributed by atoms with Gasteiger partial charge in [-0.1, -0.05) is 96.4 Å². The third-order valence-corrected chi connectivity index (χ3v) is 6.09. The van der Waals surface area contributed by atoms with Gasteiger partial charge in [-0.05, 0) is 68.1 Å². The lowest BCUT2D eigenvalue weighted by molar-refractivity contribution is 0.389. The van der Waals surface area contributed by atoms with Gasteiger partial charge in [0.15, 0.2) is 0 Å². The Hall–Kier alpha value is -1.24. The van der Waals surface area contributed by atoms with E-state index in [4.69, 9.17) is 0 Å². The van der Waals surface area contributed by atoms with Gasteiger partial charge < -0.3 is 5.11 Å². The molecule has 1 aromatic rings. The van der Waals surface area contributed by atoms with E-state index in [9.17, 15) is 5.11 Å². The Morgan fingerprint density at radius 3 is 2.04 bits per heavy atom. The third kappa shape index (κ3) is 11.6. The highest BCUT2D eigenvalue weighted by molar-refractivity contribution is 5.35. The van der Waals surface area contributed by atoms with Gasteiger partial charge in [-0.3, -0.25) is 0 Å². The minimum atomic E-state index is 0.392. The van der Waals surface area contributed by atoms with E-state index in [1.165, 1.54) is 68.9 Å². The summed E-state index contributed by atoms with van der Waals surface area (Å²) >= 11 is 0. The molecule has 0 spiro atoms. The summed E-state index contributed by atoms with van der Waals surface area (Å²) in [5, 5.41) is 9.62. The molecule has 1 nitrogen and oxygen atoms in total. The molecule has 1 N–H and O–H groups in total. The first-order chi connectivity index (χ1) is 13.3. The fourth-order valence-electron chi connectivity index (χ4n) is 3.95. The molecular formula is C27H46O. The molecule has 0 aliphatic heterocycles. The van der Waals surface area contributed by atoms with Gasteiger partial charge in [0.05, 0.1) is 0 Å². The van der Waals surface area contributed by atoms with Crippen molar-refractivity contribution in [2.24, 2.45) is 17.8 Å². The largest absolute Gasteiger partial charge is 0.508 e. The summed E-state index contributed by atoms with van der Waals surface area (Å²) in [6.45, 7) is 13.8. The van der Waals surface area contributed by atoms with Crippen LogP contribution in [0.15, 0.2) is 29.8 Å². The number of aromatic hydroxyl groups is 1. The predicted octanol–water partition coefficient (Wildman–Crippen LogP) is 8.63. The minimum absolute atomic E-state index is 0.392. The van der Waals surface area contributed by atoms with Crippen LogP contribution in [0.2, 0.25) is 0 Å². The zero-order valence-electron chi connectivity index (χ0n) is 19.6. The molecule has 0 amide bonds. The summed E-state index contributed by atoms with van der Waals surface area (Å²) in [4.78, 5) is 0. The molecule has 1 heteroatoms. The second-order valence-electron chi connectivity index (χ2n) is 9.73. The third-order valence-electron chi connectivity index (χ3n) is 6.09. The monoisotopic (exact) mass is 386 g/mol. The standard InChI is InChI=1S/C27H46O/c1-21(2)10-7-11-22(3)12-8-13-23(4)14-9-15-24(5)16-17-26-18-19-27(28)25(6)20-26/h16,18-23,28H,7-15,17H2,1-6H3. The van der Waals surface area contributed by atoms with Crippen LogP contribution in [0.4, 0.5) is 0 Å². The first-order valence-corrected chi connectivity index (χ1v) is 11.7. The second-order valence-corrected chi connectivity index (χ2v) is 9.73. The van der Waals surface area contributed by atoms with Gasteiger partial charge in [-0.2, -0.15) is 0 Å². The maximum absolute atomic E-state index is 9.62. The molecule has 2 atom stereocenters. The Kier molecular flexibility index (Phi) is 12.3. The van der Waals surface area contributed by atoms with Crippen LogP contribution >= 0.6 is 0 Å². The lowest BCUT2D eigenvalue weighted by Crippen LogP contribution is -2.00. The summed E-state index contributed by atoms with van der Waals surface area (Å²) in [6, 6.07) is 5.92. The van der Waals surface area contributed by atoms with Crippen molar-refractivity contribution in [3.8, 4) is 5.75 Å². The van der Waals surface area contributed by atoms with Gasteiger partial charge in [-0.25, -0.2) is 0 Å². The van der Waals surface area contributed by atoms with Crippen molar-refractivity contribution in [2.75, 3.05) is 0 Å². The summed E-state index contributed by atoms with van der Waals surface area (Å²) in [6.07, 6.45) is 15.6. The van der Waals surface area contributed by atoms with Crippen molar-refractivity contribution in [3.05, 3.63) is 41.0 Å². The van der Waals surface area contributed by atoms with E-state index < -0.39 is 0 Å². The Bertz CT molecular complexity index is 570. The maximum atomic E-state index is 9.62. The van der Waals surface area contributed by atoms with Gasteiger partial charge >= 0.3 is 0 Å². The molecule has 1 aromatic carbocycles. The molecule has 28 heavy (non-hydrogen) atoms. The number of hydrogen-bond donors (Lipinski definition) is 1. The first kappa shape index (κ1) is 24.8. The van der Waals surface area contributed by atoms with E-state index in [0.29, 0.717) is 5.75 Å². The summed E-state index contributed by atoms with van der Waals surface area (Å²) in [5.41, 5.74) is 3.74. The molecule has 2 unspecified atom stereocenters. The SMILES string of the molecule is CC(=CCc1ccc(O)c(C)c1)CCCC(C)CCCC(C)CCCC(C)C. The molecule has 0 radical (unpaired) electrons. The van der Waals surface area contributed by atoms with E-state index in [2.05, 4.69) is 46.8 Å². The van der Waals surface area contributed by atoms with Crippen molar-refractivity contribution >= 4 is 0 Å². The van der Waals surface area contributed by atoms with Crippen LogP contribution in [-0.2, 0) is 6.42 Å². The summed E-state index contributed by atoms with van der Waals surface area (Å²) in [7, 11) is 0. The van der Waals surface area contributed by atoms with Crippen LogP contribution in [0.5, 0.6) is 5.75 Å². The second kappa shape index (κ2) is 13.9. The Morgan fingerprint density at radius 2 is 1.46 bits per heavy atom. The summed E-state index contributed by atoms with van der Waals surface area (Å²) < 4.78 is 0. The number of benzene rings is 1. The molecule has 0 saturated carbocycles. The van der Waals surface area contributed by atoms with Crippen LogP contribution in [0.3, 0.4) is 0 Å². The average molecular weight is 387 g/mol. The Balaban J connectivity index is 2.14. The average Bonchev–Trinajstić information content (AvgIpc) is 2.62. The van der Waals surface area contributed by atoms with E-state index >= 15 is 0 Å². The van der Waals surface area contributed by atoms with Gasteiger partial charge in [0.1, 0.15) is 5.75 Å². The fourth-order valence-corrected chi connectivity index (χ4v) is 3.95. The highest BCUT2D eigenvalue weighted by Crippen LogP contribution is 2.22. The number of allylic oxidation sites excluding steroid dienone is 2. The quantitative estimate of drug-likeness (QED) is 0.317. The lowest BCUT2D eigenvalue weighted by Gasteiger charge is -2.15. The van der Waals surface area contributed by atoms with Gasteiger partial charge in [-0.15, -0.1) is 0 Å². The summed E-state index contributed by atoms with van der Waals surface area (Å²) in [5.74, 6) is 3.01. The molecule has 0 aromatic heterocycles. The minimum Gasteiger partial charge on any atom is -0.508 e. The van der Waals surface area contributed by atoms with Crippen LogP contribution in [-0.4, -0.2) is 5.11 Å².